The highest BCUT2D eigenvalue weighted by atomic mass is 32.2. The molecular formula is C20H19FN4O3S. The number of furan rings is 1. The maximum atomic E-state index is 13.5. The smallest absolute Gasteiger partial charge is 0.264 e. The van der Waals surface area contributed by atoms with Crippen LogP contribution in [0.25, 0.3) is 11.6 Å². The quantitative estimate of drug-likeness (QED) is 0.703. The van der Waals surface area contributed by atoms with Gasteiger partial charge in [-0.2, -0.15) is 9.67 Å². The van der Waals surface area contributed by atoms with E-state index in [4.69, 9.17) is 4.42 Å². The lowest BCUT2D eigenvalue weighted by atomic mass is 9.97. The topological polar surface area (TPSA) is 84.4 Å². The third-order valence-corrected chi connectivity index (χ3v) is 6.58. The standard InChI is InChI=1S/C20H19FN4O3S/c21-13-5-3-12(4-6-13)16(24-9-7-14(26)8-10-24)17-19(27)25-20(29-17)22-18(23-25)15-2-1-11-28-15/h1-6,11,14,16-17,26H,7-10H2. The molecule has 2 unspecified atom stereocenters. The van der Waals surface area contributed by atoms with Gasteiger partial charge in [0, 0.05) is 13.1 Å². The third-order valence-electron chi connectivity index (χ3n) is 5.39. The lowest BCUT2D eigenvalue weighted by Gasteiger charge is -2.38. The molecular weight excluding hydrogens is 395 g/mol. The predicted octanol–water partition coefficient (Wildman–Crippen LogP) is 2.99. The van der Waals surface area contributed by atoms with Gasteiger partial charge in [0.05, 0.1) is 18.4 Å². The number of fused-ring (bicyclic) bond motifs is 1. The van der Waals surface area contributed by atoms with Crippen LogP contribution in [0.5, 0.6) is 0 Å². The summed E-state index contributed by atoms with van der Waals surface area (Å²) in [6.45, 7) is 1.34. The van der Waals surface area contributed by atoms with E-state index in [1.165, 1.54) is 34.8 Å². The first-order valence-electron chi connectivity index (χ1n) is 9.49. The number of hydrogen-bond acceptors (Lipinski definition) is 7. The molecule has 1 aromatic carbocycles. The van der Waals surface area contributed by atoms with Crippen LogP contribution >= 0.6 is 11.8 Å². The van der Waals surface area contributed by atoms with Crippen molar-refractivity contribution in [2.45, 2.75) is 35.4 Å². The molecule has 0 bridgehead atoms. The molecule has 5 rings (SSSR count). The number of halogens is 1. The summed E-state index contributed by atoms with van der Waals surface area (Å²) in [7, 11) is 0. The summed E-state index contributed by atoms with van der Waals surface area (Å²) in [5.74, 6) is 0.418. The van der Waals surface area contributed by atoms with Gasteiger partial charge in [-0.15, -0.1) is 5.10 Å². The number of hydrogen-bond donors (Lipinski definition) is 1. The van der Waals surface area contributed by atoms with Gasteiger partial charge in [0.25, 0.3) is 5.91 Å². The molecule has 0 spiro atoms. The molecule has 0 aliphatic carbocycles. The van der Waals surface area contributed by atoms with Gasteiger partial charge in [-0.1, -0.05) is 23.9 Å². The summed E-state index contributed by atoms with van der Waals surface area (Å²) in [6, 6.07) is 9.51. The van der Waals surface area contributed by atoms with Crippen molar-refractivity contribution in [1.82, 2.24) is 19.7 Å². The molecule has 7 nitrogen and oxygen atoms in total. The van der Waals surface area contributed by atoms with Crippen LogP contribution in [0.2, 0.25) is 0 Å². The largest absolute Gasteiger partial charge is 0.461 e. The summed E-state index contributed by atoms with van der Waals surface area (Å²) >= 11 is 1.36. The zero-order chi connectivity index (χ0) is 20.0. The van der Waals surface area contributed by atoms with Gasteiger partial charge in [-0.3, -0.25) is 9.69 Å². The third kappa shape index (κ3) is 3.39. The second-order valence-corrected chi connectivity index (χ2v) is 8.36. The number of likely N-dealkylation sites (tertiary alicyclic amines) is 1. The molecule has 29 heavy (non-hydrogen) atoms. The number of carbonyl (C=O) groups is 1. The Balaban J connectivity index is 1.46. The summed E-state index contributed by atoms with van der Waals surface area (Å²) < 4.78 is 20.2. The highest BCUT2D eigenvalue weighted by Gasteiger charge is 2.43. The van der Waals surface area contributed by atoms with Crippen LogP contribution < -0.4 is 0 Å². The molecule has 2 aliphatic heterocycles. The van der Waals surface area contributed by atoms with Crippen molar-refractivity contribution < 1.29 is 18.7 Å². The molecule has 150 valence electrons. The van der Waals surface area contributed by atoms with E-state index in [1.807, 2.05) is 0 Å². The van der Waals surface area contributed by atoms with E-state index in [2.05, 4.69) is 15.0 Å². The Hall–Kier alpha value is -2.49. The van der Waals surface area contributed by atoms with E-state index in [0.717, 1.165) is 5.56 Å². The molecule has 9 heteroatoms. The summed E-state index contributed by atoms with van der Waals surface area (Å²) in [5.41, 5.74) is 0.866. The molecule has 0 radical (unpaired) electrons. The van der Waals surface area contributed by atoms with Crippen LogP contribution in [0.15, 0.2) is 52.2 Å². The van der Waals surface area contributed by atoms with Crippen LogP contribution in [0.4, 0.5) is 4.39 Å². The number of piperidine rings is 1. The van der Waals surface area contributed by atoms with E-state index in [1.54, 1.807) is 24.3 Å². The normalized spacial score (nSPS) is 21.4. The summed E-state index contributed by atoms with van der Waals surface area (Å²) in [6.07, 6.45) is 2.51. The molecule has 0 saturated carbocycles. The number of rotatable bonds is 4. The number of carbonyl (C=O) groups excluding carboxylic acids is 1. The van der Waals surface area contributed by atoms with Gasteiger partial charge < -0.3 is 9.52 Å². The van der Waals surface area contributed by atoms with E-state index in [0.29, 0.717) is 42.7 Å². The summed E-state index contributed by atoms with van der Waals surface area (Å²) in [4.78, 5) is 19.9. The molecule has 1 saturated heterocycles. The van der Waals surface area contributed by atoms with Crippen molar-refractivity contribution in [1.29, 1.82) is 0 Å². The van der Waals surface area contributed by atoms with Gasteiger partial charge in [-0.05, 0) is 42.7 Å². The van der Waals surface area contributed by atoms with E-state index in [9.17, 15) is 14.3 Å². The molecule has 3 aromatic rings. The van der Waals surface area contributed by atoms with E-state index in [-0.39, 0.29) is 23.9 Å². The average Bonchev–Trinajstić information content (AvgIpc) is 3.44. The number of benzene rings is 1. The average molecular weight is 414 g/mol. The number of aliphatic hydroxyl groups is 1. The lowest BCUT2D eigenvalue weighted by Crippen LogP contribution is -2.44. The van der Waals surface area contributed by atoms with Gasteiger partial charge >= 0.3 is 0 Å². The SMILES string of the molecule is O=C1C(C(c2ccc(F)cc2)N2CCC(O)CC2)Sc2nc(-c3ccco3)nn21. The van der Waals surface area contributed by atoms with Crippen LogP contribution in [0, 0.1) is 5.82 Å². The van der Waals surface area contributed by atoms with Gasteiger partial charge in [0.2, 0.25) is 5.82 Å². The molecule has 2 aromatic heterocycles. The molecule has 2 aliphatic rings. The Morgan fingerprint density at radius 1 is 1.21 bits per heavy atom. The monoisotopic (exact) mass is 414 g/mol. The van der Waals surface area contributed by atoms with E-state index >= 15 is 0 Å². The van der Waals surface area contributed by atoms with Crippen LogP contribution in [0.1, 0.15) is 29.2 Å². The number of aromatic nitrogens is 3. The Bertz CT molecular complexity index is 1010. The minimum atomic E-state index is -0.448. The van der Waals surface area contributed by atoms with Gasteiger partial charge in [0.15, 0.2) is 10.9 Å². The second-order valence-electron chi connectivity index (χ2n) is 7.25. The van der Waals surface area contributed by atoms with Crippen molar-refractivity contribution in [3.8, 4) is 11.6 Å². The molecule has 1 fully saturated rings. The maximum Gasteiger partial charge on any atom is 0.264 e. The lowest BCUT2D eigenvalue weighted by molar-refractivity contribution is 0.0552. The highest BCUT2D eigenvalue weighted by Crippen LogP contribution is 2.42. The first-order chi connectivity index (χ1) is 14.1. The Morgan fingerprint density at radius 3 is 2.62 bits per heavy atom. The summed E-state index contributed by atoms with van der Waals surface area (Å²) in [5, 5.41) is 14.3. The minimum Gasteiger partial charge on any atom is -0.461 e. The number of nitrogens with zero attached hydrogens (tertiary/aromatic N) is 4. The molecule has 4 heterocycles. The number of aliphatic hydroxyl groups excluding tert-OH is 1. The minimum absolute atomic E-state index is 0.157. The first kappa shape index (κ1) is 18.5. The Morgan fingerprint density at radius 2 is 1.97 bits per heavy atom. The highest BCUT2D eigenvalue weighted by molar-refractivity contribution is 8.00. The predicted molar refractivity (Wildman–Crippen MR) is 104 cm³/mol. The second kappa shape index (κ2) is 7.40. The Kier molecular flexibility index (Phi) is 4.73. The van der Waals surface area contributed by atoms with Crippen molar-refractivity contribution in [3.05, 3.63) is 54.0 Å². The fourth-order valence-corrected chi connectivity index (χ4v) is 5.17. The van der Waals surface area contributed by atoms with Gasteiger partial charge in [0.1, 0.15) is 11.1 Å². The van der Waals surface area contributed by atoms with Crippen LogP contribution in [0.3, 0.4) is 0 Å². The van der Waals surface area contributed by atoms with Gasteiger partial charge in [-0.25, -0.2) is 4.39 Å². The van der Waals surface area contributed by atoms with Crippen LogP contribution in [-0.4, -0.2) is 55.1 Å². The first-order valence-corrected chi connectivity index (χ1v) is 10.4. The zero-order valence-electron chi connectivity index (χ0n) is 15.4. The molecule has 0 amide bonds. The van der Waals surface area contributed by atoms with Crippen molar-refractivity contribution in [2.75, 3.05) is 13.1 Å². The Labute approximate surface area is 170 Å². The fourth-order valence-electron chi connectivity index (χ4n) is 3.91. The maximum absolute atomic E-state index is 13.5. The van der Waals surface area contributed by atoms with Crippen molar-refractivity contribution in [2.24, 2.45) is 0 Å². The fraction of sp³-hybridized carbons (Fsp3) is 0.350. The zero-order valence-corrected chi connectivity index (χ0v) is 16.3. The number of thioether (sulfide) groups is 1. The van der Waals surface area contributed by atoms with E-state index < -0.39 is 5.25 Å². The van der Waals surface area contributed by atoms with Crippen LogP contribution in [-0.2, 0) is 0 Å². The van der Waals surface area contributed by atoms with Crippen molar-refractivity contribution >= 4 is 17.7 Å². The molecule has 2 atom stereocenters. The van der Waals surface area contributed by atoms with Crippen molar-refractivity contribution in [3.63, 3.8) is 0 Å². The molecule has 1 N–H and O–H groups in total.